The van der Waals surface area contributed by atoms with Crippen molar-refractivity contribution >= 4 is 5.69 Å². The number of likely N-dealkylation sites (N-methyl/N-ethyl adjacent to an activating group) is 1. The lowest BCUT2D eigenvalue weighted by molar-refractivity contribution is 0.170. The first kappa shape index (κ1) is 14.4. The van der Waals surface area contributed by atoms with Crippen LogP contribution in [0.5, 0.6) is 0 Å². The molecular formula is C16H27N3. The smallest absolute Gasteiger partial charge is 0.0413 e. The summed E-state index contributed by atoms with van der Waals surface area (Å²) in [6, 6.07) is 8.02. The lowest BCUT2D eigenvalue weighted by Crippen LogP contribution is -2.55. The number of hydrogen-bond donors (Lipinski definition) is 1. The Bertz CT molecular complexity index is 418. The standard InChI is InChI=1S/C16H27N3/c1-12-6-7-16(15(8-12)9-17-4)19-10-13(2)18(5)14(3)11-19/h6-8,13-14,17H,9-11H2,1-5H3. The molecule has 3 nitrogen and oxygen atoms in total. The Kier molecular flexibility index (Phi) is 4.48. The van der Waals surface area contributed by atoms with Crippen molar-refractivity contribution in [1.29, 1.82) is 0 Å². The van der Waals surface area contributed by atoms with E-state index in [-0.39, 0.29) is 0 Å². The summed E-state index contributed by atoms with van der Waals surface area (Å²) in [6.45, 7) is 9.95. The molecule has 0 radical (unpaired) electrons. The van der Waals surface area contributed by atoms with Crippen LogP contribution in [0.2, 0.25) is 0 Å². The van der Waals surface area contributed by atoms with Gasteiger partial charge in [-0.15, -0.1) is 0 Å². The molecule has 1 heterocycles. The van der Waals surface area contributed by atoms with Gasteiger partial charge in [0.05, 0.1) is 0 Å². The summed E-state index contributed by atoms with van der Waals surface area (Å²) in [4.78, 5) is 5.02. The van der Waals surface area contributed by atoms with Gasteiger partial charge < -0.3 is 10.2 Å². The van der Waals surface area contributed by atoms with Crippen LogP contribution in [0.15, 0.2) is 18.2 Å². The van der Waals surface area contributed by atoms with E-state index in [9.17, 15) is 0 Å². The molecule has 1 fully saturated rings. The molecule has 0 amide bonds. The van der Waals surface area contributed by atoms with Crippen molar-refractivity contribution < 1.29 is 0 Å². The van der Waals surface area contributed by atoms with Gasteiger partial charge in [-0.2, -0.15) is 0 Å². The Hall–Kier alpha value is -1.06. The van der Waals surface area contributed by atoms with E-state index in [2.05, 4.69) is 61.1 Å². The molecule has 1 aliphatic heterocycles. The quantitative estimate of drug-likeness (QED) is 0.900. The molecule has 1 N–H and O–H groups in total. The zero-order chi connectivity index (χ0) is 14.0. The van der Waals surface area contributed by atoms with Crippen LogP contribution in [0.1, 0.15) is 25.0 Å². The highest BCUT2D eigenvalue weighted by molar-refractivity contribution is 5.55. The molecule has 3 heteroatoms. The van der Waals surface area contributed by atoms with Gasteiger partial charge >= 0.3 is 0 Å². The van der Waals surface area contributed by atoms with Crippen LogP contribution in [0, 0.1) is 6.92 Å². The Morgan fingerprint density at radius 3 is 2.42 bits per heavy atom. The van der Waals surface area contributed by atoms with E-state index >= 15 is 0 Å². The predicted octanol–water partition coefficient (Wildman–Crippen LogP) is 2.24. The summed E-state index contributed by atoms with van der Waals surface area (Å²) in [5.41, 5.74) is 4.14. The zero-order valence-electron chi connectivity index (χ0n) is 12.9. The molecule has 2 unspecified atom stereocenters. The Morgan fingerprint density at radius 1 is 1.21 bits per heavy atom. The maximum atomic E-state index is 3.28. The average Bonchev–Trinajstić information content (AvgIpc) is 2.36. The van der Waals surface area contributed by atoms with Gasteiger partial charge in [0.15, 0.2) is 0 Å². The van der Waals surface area contributed by atoms with Crippen molar-refractivity contribution in [3.8, 4) is 0 Å². The van der Waals surface area contributed by atoms with Gasteiger partial charge in [0.2, 0.25) is 0 Å². The monoisotopic (exact) mass is 261 g/mol. The van der Waals surface area contributed by atoms with E-state index in [0.717, 1.165) is 19.6 Å². The molecule has 1 aromatic rings. The highest BCUT2D eigenvalue weighted by Crippen LogP contribution is 2.26. The minimum atomic E-state index is 0.604. The zero-order valence-corrected chi connectivity index (χ0v) is 12.9. The molecule has 19 heavy (non-hydrogen) atoms. The van der Waals surface area contributed by atoms with Crippen molar-refractivity contribution in [2.24, 2.45) is 0 Å². The maximum Gasteiger partial charge on any atom is 0.0413 e. The van der Waals surface area contributed by atoms with Crippen molar-refractivity contribution in [3.63, 3.8) is 0 Å². The van der Waals surface area contributed by atoms with Crippen molar-refractivity contribution in [2.75, 3.05) is 32.1 Å². The summed E-state index contributed by atoms with van der Waals surface area (Å²) in [5.74, 6) is 0. The number of anilines is 1. The van der Waals surface area contributed by atoms with Gasteiger partial charge in [-0.25, -0.2) is 0 Å². The SMILES string of the molecule is CNCc1cc(C)ccc1N1CC(C)N(C)C(C)C1. The fourth-order valence-corrected chi connectivity index (χ4v) is 2.96. The maximum absolute atomic E-state index is 3.28. The number of benzene rings is 1. The fourth-order valence-electron chi connectivity index (χ4n) is 2.96. The third-order valence-corrected chi connectivity index (χ3v) is 4.30. The van der Waals surface area contributed by atoms with Crippen LogP contribution >= 0.6 is 0 Å². The number of piperazine rings is 1. The third-order valence-electron chi connectivity index (χ3n) is 4.30. The minimum absolute atomic E-state index is 0.604. The lowest BCUT2D eigenvalue weighted by Gasteiger charge is -2.44. The molecule has 0 aromatic heterocycles. The van der Waals surface area contributed by atoms with E-state index in [1.807, 2.05) is 7.05 Å². The van der Waals surface area contributed by atoms with Crippen LogP contribution in [-0.4, -0.2) is 44.2 Å². The molecule has 0 aliphatic carbocycles. The Labute approximate surface area is 117 Å². The van der Waals surface area contributed by atoms with Crippen LogP contribution in [0.25, 0.3) is 0 Å². The Balaban J connectivity index is 2.26. The van der Waals surface area contributed by atoms with E-state index < -0.39 is 0 Å². The third kappa shape index (κ3) is 3.10. The average molecular weight is 261 g/mol. The van der Waals surface area contributed by atoms with E-state index in [1.54, 1.807) is 0 Å². The van der Waals surface area contributed by atoms with E-state index in [4.69, 9.17) is 0 Å². The van der Waals surface area contributed by atoms with Crippen molar-refractivity contribution in [3.05, 3.63) is 29.3 Å². The van der Waals surface area contributed by atoms with Crippen LogP contribution in [-0.2, 0) is 6.54 Å². The lowest BCUT2D eigenvalue weighted by atomic mass is 10.0. The summed E-state index contributed by atoms with van der Waals surface area (Å²) in [5, 5.41) is 3.28. The number of hydrogen-bond acceptors (Lipinski definition) is 3. The molecule has 2 atom stereocenters. The molecule has 2 rings (SSSR count). The first-order valence-electron chi connectivity index (χ1n) is 7.24. The first-order valence-corrected chi connectivity index (χ1v) is 7.24. The van der Waals surface area contributed by atoms with Gasteiger partial charge in [0.1, 0.15) is 0 Å². The van der Waals surface area contributed by atoms with Crippen molar-refractivity contribution in [2.45, 2.75) is 39.4 Å². The van der Waals surface area contributed by atoms with E-state index in [1.165, 1.54) is 16.8 Å². The second kappa shape index (κ2) is 5.93. The molecule has 1 saturated heterocycles. The number of nitrogens with zero attached hydrogens (tertiary/aromatic N) is 2. The molecule has 1 aromatic carbocycles. The number of nitrogens with one attached hydrogen (secondary N) is 1. The van der Waals surface area contributed by atoms with Crippen LogP contribution in [0.3, 0.4) is 0 Å². The highest BCUT2D eigenvalue weighted by Gasteiger charge is 2.27. The minimum Gasteiger partial charge on any atom is -0.368 e. The van der Waals surface area contributed by atoms with Crippen LogP contribution in [0.4, 0.5) is 5.69 Å². The Morgan fingerprint density at radius 2 is 1.84 bits per heavy atom. The molecule has 0 spiro atoms. The molecular weight excluding hydrogens is 234 g/mol. The predicted molar refractivity (Wildman–Crippen MR) is 82.8 cm³/mol. The van der Waals surface area contributed by atoms with Gasteiger partial charge in [0, 0.05) is 37.4 Å². The molecule has 1 aliphatic rings. The second-order valence-corrected chi connectivity index (χ2v) is 5.93. The summed E-state index contributed by atoms with van der Waals surface area (Å²) >= 11 is 0. The van der Waals surface area contributed by atoms with E-state index in [0.29, 0.717) is 12.1 Å². The van der Waals surface area contributed by atoms with Gasteiger partial charge in [-0.1, -0.05) is 17.7 Å². The molecule has 106 valence electrons. The number of rotatable bonds is 3. The van der Waals surface area contributed by atoms with Gasteiger partial charge in [-0.3, -0.25) is 4.90 Å². The molecule has 0 bridgehead atoms. The largest absolute Gasteiger partial charge is 0.368 e. The first-order chi connectivity index (χ1) is 9.02. The topological polar surface area (TPSA) is 18.5 Å². The summed E-state index contributed by atoms with van der Waals surface area (Å²) in [7, 11) is 4.25. The van der Waals surface area contributed by atoms with Crippen LogP contribution < -0.4 is 10.2 Å². The van der Waals surface area contributed by atoms with Gasteiger partial charge in [0.25, 0.3) is 0 Å². The molecule has 0 saturated carbocycles. The van der Waals surface area contributed by atoms with Crippen molar-refractivity contribution in [1.82, 2.24) is 10.2 Å². The summed E-state index contributed by atoms with van der Waals surface area (Å²) < 4.78 is 0. The number of aryl methyl sites for hydroxylation is 1. The second-order valence-electron chi connectivity index (χ2n) is 5.93. The summed E-state index contributed by atoms with van der Waals surface area (Å²) in [6.07, 6.45) is 0. The fraction of sp³-hybridized carbons (Fsp3) is 0.625. The van der Waals surface area contributed by atoms with Gasteiger partial charge in [-0.05, 0) is 46.5 Å². The highest BCUT2D eigenvalue weighted by atomic mass is 15.3. The normalized spacial score (nSPS) is 24.8.